The highest BCUT2D eigenvalue weighted by Gasteiger charge is 2.32. The van der Waals surface area contributed by atoms with E-state index in [-0.39, 0.29) is 18.0 Å². The van der Waals surface area contributed by atoms with Crippen molar-refractivity contribution >= 4 is 18.2 Å². The number of aliphatic hydroxyl groups excluding tert-OH is 1. The van der Waals surface area contributed by atoms with Crippen LogP contribution in [-0.2, 0) is 16.1 Å². The molecule has 0 saturated heterocycles. The third-order valence-electron chi connectivity index (χ3n) is 6.31. The van der Waals surface area contributed by atoms with Crippen molar-refractivity contribution < 1.29 is 38.0 Å². The number of allylic oxidation sites excluding steroid dienone is 1. The summed E-state index contributed by atoms with van der Waals surface area (Å²) in [5.74, 6) is 0.499. The van der Waals surface area contributed by atoms with E-state index in [0.717, 1.165) is 11.1 Å². The average molecular weight is 593 g/mol. The fraction of sp³-hybridized carbons (Fsp3) is 0.258. The number of nitrogens with zero attached hydrogens (tertiary/aromatic N) is 1. The van der Waals surface area contributed by atoms with Crippen molar-refractivity contribution in [2.24, 2.45) is 5.10 Å². The Morgan fingerprint density at radius 2 is 1.81 bits per heavy atom. The number of hydrazone groups is 1. The van der Waals surface area contributed by atoms with Gasteiger partial charge in [0.1, 0.15) is 24.8 Å². The second-order valence-electron chi connectivity index (χ2n) is 9.40. The van der Waals surface area contributed by atoms with Crippen molar-refractivity contribution in [1.82, 2.24) is 16.1 Å². The molecule has 0 saturated carbocycles. The fourth-order valence-corrected chi connectivity index (χ4v) is 4.22. The molecule has 4 N–H and O–H groups in total. The lowest BCUT2D eigenvalue weighted by Gasteiger charge is -2.28. The SMILES string of the molecule is CCOc1cc([C@@H]2NC(=O)NC(C)=C2C(=O)OC)ccc1OC[C@H](O)N/N=C\c1ccc(OCc2ccc(F)cc2)cc1. The van der Waals surface area contributed by atoms with E-state index in [1.165, 1.54) is 25.5 Å². The Morgan fingerprint density at radius 1 is 1.07 bits per heavy atom. The summed E-state index contributed by atoms with van der Waals surface area (Å²) in [7, 11) is 1.27. The van der Waals surface area contributed by atoms with Gasteiger partial charge in [-0.2, -0.15) is 5.10 Å². The number of esters is 1. The van der Waals surface area contributed by atoms with Crippen LogP contribution in [0, 0.1) is 5.82 Å². The summed E-state index contributed by atoms with van der Waals surface area (Å²) in [6.07, 6.45) is 0.402. The van der Waals surface area contributed by atoms with Crippen molar-refractivity contribution in [3.05, 3.63) is 101 Å². The summed E-state index contributed by atoms with van der Waals surface area (Å²) in [6.45, 7) is 3.93. The van der Waals surface area contributed by atoms with Crippen LogP contribution in [-0.4, -0.2) is 49.9 Å². The van der Waals surface area contributed by atoms with Crippen molar-refractivity contribution in [2.45, 2.75) is 32.7 Å². The Kier molecular flexibility index (Phi) is 10.5. The smallest absolute Gasteiger partial charge is 0.337 e. The normalized spacial score (nSPS) is 15.4. The Labute approximate surface area is 248 Å². The topological polar surface area (TPSA) is 140 Å². The Morgan fingerprint density at radius 3 is 2.51 bits per heavy atom. The van der Waals surface area contributed by atoms with Crippen LogP contribution in [0.5, 0.6) is 17.2 Å². The van der Waals surface area contributed by atoms with Gasteiger partial charge in [0.2, 0.25) is 0 Å². The molecule has 4 rings (SSSR count). The lowest BCUT2D eigenvalue weighted by Crippen LogP contribution is -2.45. The Bertz CT molecular complexity index is 1480. The molecule has 0 radical (unpaired) electrons. The largest absolute Gasteiger partial charge is 0.490 e. The zero-order chi connectivity index (χ0) is 30.8. The van der Waals surface area contributed by atoms with Gasteiger partial charge in [-0.3, -0.25) is 5.43 Å². The maximum atomic E-state index is 13.0. The highest BCUT2D eigenvalue weighted by Crippen LogP contribution is 2.35. The third-order valence-corrected chi connectivity index (χ3v) is 6.31. The van der Waals surface area contributed by atoms with E-state index in [2.05, 4.69) is 21.2 Å². The summed E-state index contributed by atoms with van der Waals surface area (Å²) < 4.78 is 35.1. The van der Waals surface area contributed by atoms with Gasteiger partial charge in [-0.15, -0.1) is 0 Å². The number of hydrogen-bond donors (Lipinski definition) is 4. The zero-order valence-corrected chi connectivity index (χ0v) is 23.9. The molecular weight excluding hydrogens is 559 g/mol. The number of ether oxygens (including phenoxy) is 4. The zero-order valence-electron chi connectivity index (χ0n) is 23.9. The monoisotopic (exact) mass is 592 g/mol. The van der Waals surface area contributed by atoms with Crippen LogP contribution in [0.15, 0.2) is 83.1 Å². The lowest BCUT2D eigenvalue weighted by atomic mass is 9.95. The Hall–Kier alpha value is -5.10. The van der Waals surface area contributed by atoms with Gasteiger partial charge >= 0.3 is 12.0 Å². The number of hydrogen-bond acceptors (Lipinski definition) is 9. The predicted octanol–water partition coefficient (Wildman–Crippen LogP) is 3.93. The number of carbonyl (C=O) groups is 2. The van der Waals surface area contributed by atoms with Gasteiger partial charge in [0.15, 0.2) is 17.7 Å². The van der Waals surface area contributed by atoms with Gasteiger partial charge in [0.05, 0.1) is 31.5 Å². The molecule has 43 heavy (non-hydrogen) atoms. The Balaban J connectivity index is 1.32. The van der Waals surface area contributed by atoms with Crippen molar-refractivity contribution in [3.8, 4) is 17.2 Å². The van der Waals surface area contributed by atoms with E-state index in [1.54, 1.807) is 61.5 Å². The molecular formula is C31H33FN4O7. The summed E-state index contributed by atoms with van der Waals surface area (Å²) in [4.78, 5) is 24.5. The van der Waals surface area contributed by atoms with Gasteiger partial charge in [0.25, 0.3) is 0 Å². The van der Waals surface area contributed by atoms with Crippen LogP contribution in [0.25, 0.3) is 0 Å². The first-order valence-electron chi connectivity index (χ1n) is 13.5. The number of carbonyl (C=O) groups excluding carboxylic acids is 2. The standard InChI is InChI=1S/C31H33FN4O7/c1-4-41-26-15-22(29-28(30(38)40-3)19(2)34-31(39)35-29)9-14-25(26)43-18-27(37)36-33-16-20-7-12-24(13-8-20)42-17-21-5-10-23(32)11-6-21/h5-16,27,29,36-37H,4,17-18H2,1-3H3,(H2,34,35,39)/b33-16-/t27-,29-/m0/s1. The van der Waals surface area contributed by atoms with E-state index in [0.29, 0.717) is 41.7 Å². The number of benzene rings is 3. The minimum atomic E-state index is -1.14. The van der Waals surface area contributed by atoms with Crippen LogP contribution in [0.4, 0.5) is 9.18 Å². The maximum Gasteiger partial charge on any atom is 0.337 e. The minimum absolute atomic E-state index is 0.149. The molecule has 1 heterocycles. The van der Waals surface area contributed by atoms with Gasteiger partial charge in [0, 0.05) is 5.70 Å². The number of amides is 2. The molecule has 0 aliphatic carbocycles. The molecule has 3 aromatic carbocycles. The van der Waals surface area contributed by atoms with Gasteiger partial charge in [-0.05, 0) is 79.1 Å². The van der Waals surface area contributed by atoms with Gasteiger partial charge in [-0.25, -0.2) is 14.0 Å². The second-order valence-corrected chi connectivity index (χ2v) is 9.40. The maximum absolute atomic E-state index is 13.0. The predicted molar refractivity (Wildman–Crippen MR) is 156 cm³/mol. The highest BCUT2D eigenvalue weighted by molar-refractivity contribution is 5.95. The van der Waals surface area contributed by atoms with E-state index in [4.69, 9.17) is 18.9 Å². The van der Waals surface area contributed by atoms with Gasteiger partial charge in [-0.1, -0.05) is 18.2 Å². The molecule has 0 unspecified atom stereocenters. The molecule has 0 spiro atoms. The lowest BCUT2D eigenvalue weighted by molar-refractivity contribution is -0.136. The van der Waals surface area contributed by atoms with Gasteiger partial charge < -0.3 is 34.7 Å². The molecule has 1 aliphatic heterocycles. The number of nitrogens with one attached hydrogen (secondary N) is 3. The number of halogens is 1. The van der Waals surface area contributed by atoms with Crippen LogP contribution in [0.3, 0.4) is 0 Å². The summed E-state index contributed by atoms with van der Waals surface area (Å²) in [5.41, 5.74) is 5.46. The summed E-state index contributed by atoms with van der Waals surface area (Å²) in [5, 5.41) is 19.7. The number of urea groups is 1. The molecule has 11 nitrogen and oxygen atoms in total. The van der Waals surface area contributed by atoms with E-state index in [9.17, 15) is 19.1 Å². The number of aliphatic hydroxyl groups is 1. The molecule has 1 aliphatic rings. The number of rotatable bonds is 13. The first kappa shape index (κ1) is 30.8. The highest BCUT2D eigenvalue weighted by atomic mass is 19.1. The molecule has 3 aromatic rings. The molecule has 0 fully saturated rings. The fourth-order valence-electron chi connectivity index (χ4n) is 4.22. The third kappa shape index (κ3) is 8.46. The van der Waals surface area contributed by atoms with E-state index in [1.807, 2.05) is 6.92 Å². The summed E-state index contributed by atoms with van der Waals surface area (Å²) >= 11 is 0. The number of methoxy groups -OCH3 is 1. The first-order chi connectivity index (χ1) is 20.8. The first-order valence-corrected chi connectivity index (χ1v) is 13.5. The van der Waals surface area contributed by atoms with Crippen LogP contribution in [0.1, 0.15) is 36.6 Å². The van der Waals surface area contributed by atoms with E-state index < -0.39 is 24.3 Å². The molecule has 0 aromatic heterocycles. The minimum Gasteiger partial charge on any atom is -0.490 e. The molecule has 226 valence electrons. The van der Waals surface area contributed by atoms with Crippen molar-refractivity contribution in [3.63, 3.8) is 0 Å². The summed E-state index contributed by atoms with van der Waals surface area (Å²) in [6, 6.07) is 17.1. The molecule has 2 atom stereocenters. The molecule has 2 amide bonds. The second kappa shape index (κ2) is 14.7. The van der Waals surface area contributed by atoms with Crippen molar-refractivity contribution in [1.29, 1.82) is 0 Å². The van der Waals surface area contributed by atoms with Crippen LogP contribution < -0.4 is 30.3 Å². The van der Waals surface area contributed by atoms with Crippen molar-refractivity contribution in [2.75, 3.05) is 20.3 Å². The quantitative estimate of drug-likeness (QED) is 0.101. The molecule has 12 heteroatoms. The molecule has 0 bridgehead atoms. The van der Waals surface area contributed by atoms with E-state index >= 15 is 0 Å². The van der Waals surface area contributed by atoms with Crippen LogP contribution in [0.2, 0.25) is 0 Å². The van der Waals surface area contributed by atoms with Crippen LogP contribution >= 0.6 is 0 Å². The average Bonchev–Trinajstić information content (AvgIpc) is 3.00.